The molecule has 6 rings (SSSR count). The SMILES string of the molecule is O=C(ONc1cc(C(=O)O)cc(C(=O)O)c1)C1=CC2CC(c3cc4c(ccc5ccccc54)oc3=O)=CC2C=C1. The van der Waals surface area contributed by atoms with Gasteiger partial charge >= 0.3 is 23.5 Å². The fourth-order valence-corrected chi connectivity index (χ4v) is 5.21. The number of carboxylic acid groups (broad SMARTS) is 2. The molecular formula is C31H21NO8. The van der Waals surface area contributed by atoms with Crippen molar-refractivity contribution in [2.75, 3.05) is 5.48 Å². The van der Waals surface area contributed by atoms with Crippen molar-refractivity contribution in [3.8, 4) is 0 Å². The van der Waals surface area contributed by atoms with Crippen LogP contribution >= 0.6 is 0 Å². The number of carbonyl (C=O) groups is 3. The first-order valence-electron chi connectivity index (χ1n) is 12.4. The number of benzene rings is 3. The molecule has 40 heavy (non-hydrogen) atoms. The third-order valence-electron chi connectivity index (χ3n) is 7.15. The van der Waals surface area contributed by atoms with Crippen LogP contribution in [0.15, 0.2) is 99.8 Å². The first kappa shape index (κ1) is 24.9. The van der Waals surface area contributed by atoms with E-state index < -0.39 is 23.5 Å². The fourth-order valence-electron chi connectivity index (χ4n) is 5.21. The molecule has 9 heteroatoms. The van der Waals surface area contributed by atoms with Crippen molar-refractivity contribution in [3.05, 3.63) is 118 Å². The van der Waals surface area contributed by atoms with Crippen LogP contribution in [0, 0.1) is 11.8 Å². The zero-order valence-electron chi connectivity index (χ0n) is 20.8. The lowest BCUT2D eigenvalue weighted by Gasteiger charge is -2.18. The largest absolute Gasteiger partial charge is 0.478 e. The Bertz CT molecular complexity index is 1860. The summed E-state index contributed by atoms with van der Waals surface area (Å²) in [5.41, 5.74) is 3.50. The van der Waals surface area contributed by atoms with Gasteiger partial charge < -0.3 is 19.5 Å². The predicted octanol–water partition coefficient (Wildman–Crippen LogP) is 5.43. The van der Waals surface area contributed by atoms with Crippen LogP contribution in [0.25, 0.3) is 27.3 Å². The van der Waals surface area contributed by atoms with E-state index in [-0.39, 0.29) is 34.2 Å². The van der Waals surface area contributed by atoms with Crippen LogP contribution in [0.1, 0.15) is 32.7 Å². The zero-order valence-corrected chi connectivity index (χ0v) is 20.8. The highest BCUT2D eigenvalue weighted by Crippen LogP contribution is 2.41. The van der Waals surface area contributed by atoms with Gasteiger partial charge in [-0.2, -0.15) is 0 Å². The van der Waals surface area contributed by atoms with Crippen LogP contribution in [0.2, 0.25) is 0 Å². The normalized spacial score (nSPS) is 17.7. The first-order chi connectivity index (χ1) is 19.3. The fraction of sp³-hybridized carbons (Fsp3) is 0.0968. The summed E-state index contributed by atoms with van der Waals surface area (Å²) in [6.45, 7) is 0. The second-order valence-electron chi connectivity index (χ2n) is 9.67. The maximum absolute atomic E-state index is 12.9. The number of anilines is 1. The Kier molecular flexibility index (Phi) is 6.03. The molecule has 3 N–H and O–H groups in total. The van der Waals surface area contributed by atoms with Crippen molar-refractivity contribution in [2.24, 2.45) is 11.8 Å². The van der Waals surface area contributed by atoms with Crippen molar-refractivity contribution < 1.29 is 33.9 Å². The summed E-state index contributed by atoms with van der Waals surface area (Å²) in [5.74, 6) is -3.47. The van der Waals surface area contributed by atoms with E-state index in [0.717, 1.165) is 39.9 Å². The van der Waals surface area contributed by atoms with E-state index in [4.69, 9.17) is 9.25 Å². The molecule has 2 aliphatic carbocycles. The van der Waals surface area contributed by atoms with Gasteiger partial charge in [0.05, 0.1) is 28.0 Å². The lowest BCUT2D eigenvalue weighted by molar-refractivity contribution is -0.135. The number of allylic oxidation sites excluding steroid dienone is 4. The van der Waals surface area contributed by atoms with E-state index in [0.29, 0.717) is 17.6 Å². The Morgan fingerprint density at radius 1 is 0.900 bits per heavy atom. The van der Waals surface area contributed by atoms with Gasteiger partial charge in [-0.3, -0.25) is 0 Å². The van der Waals surface area contributed by atoms with Gasteiger partial charge in [-0.05, 0) is 59.0 Å². The van der Waals surface area contributed by atoms with Crippen LogP contribution in [0.4, 0.5) is 5.69 Å². The number of fused-ring (bicyclic) bond motifs is 4. The highest BCUT2D eigenvalue weighted by Gasteiger charge is 2.30. The molecule has 3 aromatic carbocycles. The van der Waals surface area contributed by atoms with E-state index >= 15 is 0 Å². The molecule has 0 fully saturated rings. The Morgan fingerprint density at radius 3 is 2.40 bits per heavy atom. The van der Waals surface area contributed by atoms with Crippen molar-refractivity contribution in [1.29, 1.82) is 0 Å². The molecule has 0 saturated heterocycles. The molecule has 0 saturated carbocycles. The molecule has 2 aliphatic rings. The summed E-state index contributed by atoms with van der Waals surface area (Å²) in [4.78, 5) is 53.4. The van der Waals surface area contributed by atoms with E-state index in [1.165, 1.54) is 0 Å². The van der Waals surface area contributed by atoms with Crippen LogP contribution < -0.4 is 11.1 Å². The van der Waals surface area contributed by atoms with E-state index in [9.17, 15) is 29.4 Å². The van der Waals surface area contributed by atoms with Crippen LogP contribution in [-0.2, 0) is 9.63 Å². The third-order valence-corrected chi connectivity index (χ3v) is 7.15. The topological polar surface area (TPSA) is 143 Å². The predicted molar refractivity (Wildman–Crippen MR) is 147 cm³/mol. The van der Waals surface area contributed by atoms with Gasteiger partial charge in [-0.1, -0.05) is 54.6 Å². The number of hydrogen-bond acceptors (Lipinski definition) is 7. The quantitative estimate of drug-likeness (QED) is 0.167. The van der Waals surface area contributed by atoms with Crippen molar-refractivity contribution >= 4 is 50.9 Å². The van der Waals surface area contributed by atoms with Gasteiger partial charge in [0, 0.05) is 11.3 Å². The van der Waals surface area contributed by atoms with Crippen LogP contribution in [0.3, 0.4) is 0 Å². The van der Waals surface area contributed by atoms with Crippen LogP contribution in [0.5, 0.6) is 0 Å². The molecule has 1 aromatic heterocycles. The second-order valence-corrected chi connectivity index (χ2v) is 9.67. The molecule has 0 bridgehead atoms. The lowest BCUT2D eigenvalue weighted by atomic mass is 9.88. The summed E-state index contributed by atoms with van der Waals surface area (Å²) in [6, 6.07) is 16.8. The van der Waals surface area contributed by atoms with Gasteiger partial charge in [0.2, 0.25) is 0 Å². The molecule has 0 aliphatic heterocycles. The van der Waals surface area contributed by atoms with E-state index in [1.54, 1.807) is 18.2 Å². The first-order valence-corrected chi connectivity index (χ1v) is 12.4. The third kappa shape index (κ3) is 4.54. The van der Waals surface area contributed by atoms with Gasteiger partial charge in [-0.25, -0.2) is 24.7 Å². The van der Waals surface area contributed by atoms with Gasteiger partial charge in [0.25, 0.3) is 0 Å². The minimum Gasteiger partial charge on any atom is -0.478 e. The van der Waals surface area contributed by atoms with E-state index in [2.05, 4.69) is 5.48 Å². The van der Waals surface area contributed by atoms with Gasteiger partial charge in [-0.15, -0.1) is 0 Å². The Labute approximate surface area is 226 Å². The second kappa shape index (κ2) is 9.70. The summed E-state index contributed by atoms with van der Waals surface area (Å²) < 4.78 is 5.66. The maximum atomic E-state index is 12.9. The lowest BCUT2D eigenvalue weighted by Crippen LogP contribution is -2.17. The molecule has 0 amide bonds. The summed E-state index contributed by atoms with van der Waals surface area (Å²) >= 11 is 0. The highest BCUT2D eigenvalue weighted by molar-refractivity contribution is 6.06. The monoisotopic (exact) mass is 535 g/mol. The smallest absolute Gasteiger partial charge is 0.362 e. The molecule has 2 unspecified atom stereocenters. The number of carboxylic acids is 2. The summed E-state index contributed by atoms with van der Waals surface area (Å²) in [6.07, 6.45) is 7.78. The molecular weight excluding hydrogens is 514 g/mol. The standard InChI is InChI=1S/C31H21NO8/c33-28(34)21-12-22(29(35)36)14-23(13-21)32-40-30(37)18-6-5-17-9-20(11-19(17)10-18)25-15-26-24-4-2-1-3-16(24)7-8-27(26)39-31(25)38/h1-10,12-15,17,19,32H,11H2,(H,33,34)(H,35,36). The molecule has 4 aromatic rings. The summed E-state index contributed by atoms with van der Waals surface area (Å²) in [7, 11) is 0. The Balaban J connectivity index is 1.21. The number of nitrogens with one attached hydrogen (secondary N) is 1. The molecule has 198 valence electrons. The van der Waals surface area contributed by atoms with E-state index in [1.807, 2.05) is 48.6 Å². The highest BCUT2D eigenvalue weighted by atomic mass is 16.7. The van der Waals surface area contributed by atoms with Crippen molar-refractivity contribution in [3.63, 3.8) is 0 Å². The average molecular weight is 536 g/mol. The Hall–Kier alpha value is -5.44. The van der Waals surface area contributed by atoms with Crippen molar-refractivity contribution in [1.82, 2.24) is 0 Å². The molecule has 9 nitrogen and oxygen atoms in total. The number of aromatic carboxylic acids is 2. The van der Waals surface area contributed by atoms with Crippen LogP contribution in [-0.4, -0.2) is 28.1 Å². The minimum atomic E-state index is -1.32. The van der Waals surface area contributed by atoms with Gasteiger partial charge in [0.1, 0.15) is 5.58 Å². The van der Waals surface area contributed by atoms with Gasteiger partial charge in [0.15, 0.2) is 0 Å². The molecule has 2 atom stereocenters. The van der Waals surface area contributed by atoms with Crippen molar-refractivity contribution in [2.45, 2.75) is 6.42 Å². The molecule has 1 heterocycles. The summed E-state index contributed by atoms with van der Waals surface area (Å²) in [5, 5.41) is 21.3. The molecule has 0 spiro atoms. The Morgan fingerprint density at radius 2 is 1.65 bits per heavy atom. The molecule has 0 radical (unpaired) electrons. The number of rotatable bonds is 6. The average Bonchev–Trinajstić information content (AvgIpc) is 3.38. The number of hydrogen-bond donors (Lipinski definition) is 3. The number of carbonyl (C=O) groups excluding carboxylic acids is 1. The minimum absolute atomic E-state index is 0.00397. The maximum Gasteiger partial charge on any atom is 0.362 e. The zero-order chi connectivity index (χ0) is 28.0.